The summed E-state index contributed by atoms with van der Waals surface area (Å²) in [6, 6.07) is 3.08. The number of nitrogens with zero attached hydrogens (tertiary/aromatic N) is 1. The monoisotopic (exact) mass is 194 g/mol. The van der Waals surface area contributed by atoms with Crippen LogP contribution in [0.25, 0.3) is 0 Å². The lowest BCUT2D eigenvalue weighted by Crippen LogP contribution is -2.09. The van der Waals surface area contributed by atoms with Crippen molar-refractivity contribution in [2.45, 2.75) is 6.04 Å². The molecule has 0 amide bonds. The molecular formula is C9H10N2O3. The Kier molecular flexibility index (Phi) is 2.83. The minimum atomic E-state index is -0.650. The Morgan fingerprint density at radius 3 is 2.79 bits per heavy atom. The molecule has 0 fully saturated rings. The molecule has 0 radical (unpaired) electrons. The summed E-state index contributed by atoms with van der Waals surface area (Å²) in [6.45, 7) is 3.44. The van der Waals surface area contributed by atoms with Crippen molar-refractivity contribution in [1.82, 2.24) is 0 Å². The number of phenolic OH excluding ortho intramolecular Hbond substituents is 1. The van der Waals surface area contributed by atoms with Crippen molar-refractivity contribution in [3.05, 3.63) is 46.5 Å². The molecule has 14 heavy (non-hydrogen) atoms. The van der Waals surface area contributed by atoms with Crippen LogP contribution in [-0.2, 0) is 0 Å². The quantitative estimate of drug-likeness (QED) is 0.433. The van der Waals surface area contributed by atoms with Gasteiger partial charge in [0.2, 0.25) is 0 Å². The van der Waals surface area contributed by atoms with Crippen LogP contribution < -0.4 is 5.73 Å². The zero-order chi connectivity index (χ0) is 10.7. The van der Waals surface area contributed by atoms with E-state index in [1.165, 1.54) is 24.3 Å². The topological polar surface area (TPSA) is 89.4 Å². The normalized spacial score (nSPS) is 12.1. The molecule has 0 aliphatic carbocycles. The van der Waals surface area contributed by atoms with Crippen LogP contribution in [0.1, 0.15) is 11.6 Å². The molecule has 5 heteroatoms. The maximum atomic E-state index is 10.6. The van der Waals surface area contributed by atoms with Crippen molar-refractivity contribution in [2.24, 2.45) is 5.73 Å². The second-order valence-electron chi connectivity index (χ2n) is 2.76. The number of aromatic hydroxyl groups is 1. The summed E-state index contributed by atoms with van der Waals surface area (Å²) >= 11 is 0. The van der Waals surface area contributed by atoms with Crippen LogP contribution in [0, 0.1) is 10.1 Å². The molecule has 1 atom stereocenters. The van der Waals surface area contributed by atoms with Gasteiger partial charge in [0.05, 0.1) is 16.5 Å². The number of hydrogen-bond donors (Lipinski definition) is 2. The molecule has 0 aliphatic rings. The van der Waals surface area contributed by atoms with Crippen molar-refractivity contribution >= 4 is 5.69 Å². The maximum absolute atomic E-state index is 10.6. The molecule has 5 nitrogen and oxygen atoms in total. The van der Waals surface area contributed by atoms with Gasteiger partial charge in [-0.25, -0.2) is 0 Å². The third-order valence-corrected chi connectivity index (χ3v) is 1.82. The van der Waals surface area contributed by atoms with E-state index in [1.807, 2.05) is 0 Å². The molecule has 1 aromatic rings. The molecule has 0 saturated heterocycles. The molecule has 0 saturated carbocycles. The van der Waals surface area contributed by atoms with Crippen LogP contribution in [-0.4, -0.2) is 10.0 Å². The molecule has 0 spiro atoms. The van der Waals surface area contributed by atoms with E-state index in [0.717, 1.165) is 0 Å². The third-order valence-electron chi connectivity index (χ3n) is 1.82. The molecule has 0 aliphatic heterocycles. The number of benzene rings is 1. The minimum Gasteiger partial charge on any atom is -0.508 e. The van der Waals surface area contributed by atoms with Crippen LogP contribution in [0.4, 0.5) is 5.69 Å². The Balaban J connectivity index is 3.29. The summed E-state index contributed by atoms with van der Waals surface area (Å²) < 4.78 is 0. The Morgan fingerprint density at radius 1 is 1.64 bits per heavy atom. The molecule has 0 heterocycles. The van der Waals surface area contributed by atoms with Crippen molar-refractivity contribution < 1.29 is 10.0 Å². The molecule has 0 aromatic heterocycles. The SMILES string of the molecule is C=C[C@@H](N)c1cc(O)ccc1[N+](=O)[O-]. The zero-order valence-electron chi connectivity index (χ0n) is 7.38. The lowest BCUT2D eigenvalue weighted by molar-refractivity contribution is -0.385. The van der Waals surface area contributed by atoms with Crippen LogP contribution in [0.3, 0.4) is 0 Å². The van der Waals surface area contributed by atoms with Gasteiger partial charge in [0.15, 0.2) is 0 Å². The number of phenols is 1. The molecule has 1 rings (SSSR count). The van der Waals surface area contributed by atoms with Gasteiger partial charge in [-0.05, 0) is 12.1 Å². The second kappa shape index (κ2) is 3.89. The highest BCUT2D eigenvalue weighted by molar-refractivity contribution is 5.47. The van der Waals surface area contributed by atoms with Gasteiger partial charge in [-0.2, -0.15) is 0 Å². The van der Waals surface area contributed by atoms with E-state index >= 15 is 0 Å². The minimum absolute atomic E-state index is 0.0529. The number of nitro benzene ring substituents is 1. The van der Waals surface area contributed by atoms with E-state index in [0.29, 0.717) is 0 Å². The number of nitro groups is 1. The highest BCUT2D eigenvalue weighted by Gasteiger charge is 2.17. The molecule has 0 unspecified atom stereocenters. The summed E-state index contributed by atoms with van der Waals surface area (Å²) in [6.07, 6.45) is 1.38. The first kappa shape index (κ1) is 10.2. The van der Waals surface area contributed by atoms with Gasteiger partial charge in [-0.15, -0.1) is 6.58 Å². The van der Waals surface area contributed by atoms with Crippen molar-refractivity contribution in [3.63, 3.8) is 0 Å². The first-order valence-corrected chi connectivity index (χ1v) is 3.91. The van der Waals surface area contributed by atoms with Gasteiger partial charge in [0.1, 0.15) is 5.75 Å². The number of hydrogen-bond acceptors (Lipinski definition) is 4. The molecular weight excluding hydrogens is 184 g/mol. The molecule has 1 aromatic carbocycles. The summed E-state index contributed by atoms with van der Waals surface area (Å²) in [5.41, 5.74) is 5.71. The van der Waals surface area contributed by atoms with E-state index < -0.39 is 11.0 Å². The van der Waals surface area contributed by atoms with Crippen molar-refractivity contribution in [2.75, 3.05) is 0 Å². The second-order valence-corrected chi connectivity index (χ2v) is 2.76. The fraction of sp³-hybridized carbons (Fsp3) is 0.111. The highest BCUT2D eigenvalue weighted by atomic mass is 16.6. The Hall–Kier alpha value is -1.88. The average molecular weight is 194 g/mol. The number of rotatable bonds is 3. The van der Waals surface area contributed by atoms with Crippen molar-refractivity contribution in [1.29, 1.82) is 0 Å². The average Bonchev–Trinajstić information content (AvgIpc) is 2.16. The summed E-state index contributed by atoms with van der Waals surface area (Å²) in [5.74, 6) is -0.0529. The summed E-state index contributed by atoms with van der Waals surface area (Å²) in [5, 5.41) is 19.7. The van der Waals surface area contributed by atoms with Crippen LogP contribution in [0.2, 0.25) is 0 Å². The Labute approximate surface area is 80.6 Å². The van der Waals surface area contributed by atoms with Gasteiger partial charge < -0.3 is 10.8 Å². The van der Waals surface area contributed by atoms with Gasteiger partial charge in [-0.3, -0.25) is 10.1 Å². The van der Waals surface area contributed by atoms with E-state index in [9.17, 15) is 10.1 Å². The maximum Gasteiger partial charge on any atom is 0.274 e. The van der Waals surface area contributed by atoms with Gasteiger partial charge in [0, 0.05) is 6.07 Å². The zero-order valence-corrected chi connectivity index (χ0v) is 7.38. The Bertz CT molecular complexity index is 376. The predicted molar refractivity (Wildman–Crippen MR) is 51.9 cm³/mol. The summed E-state index contributed by atoms with van der Waals surface area (Å²) in [4.78, 5) is 10.0. The first-order chi connectivity index (χ1) is 6.56. The van der Waals surface area contributed by atoms with Gasteiger partial charge in [0.25, 0.3) is 5.69 Å². The number of nitrogens with two attached hydrogens (primary N) is 1. The Morgan fingerprint density at radius 2 is 2.29 bits per heavy atom. The third kappa shape index (κ3) is 1.89. The van der Waals surface area contributed by atoms with Crippen LogP contribution in [0.5, 0.6) is 5.75 Å². The molecule has 0 bridgehead atoms. The van der Waals surface area contributed by atoms with Crippen molar-refractivity contribution in [3.8, 4) is 5.75 Å². The highest BCUT2D eigenvalue weighted by Crippen LogP contribution is 2.27. The van der Waals surface area contributed by atoms with E-state index in [-0.39, 0.29) is 17.0 Å². The molecule has 3 N–H and O–H groups in total. The smallest absolute Gasteiger partial charge is 0.274 e. The van der Waals surface area contributed by atoms with E-state index in [4.69, 9.17) is 10.8 Å². The summed E-state index contributed by atoms with van der Waals surface area (Å²) in [7, 11) is 0. The fourth-order valence-electron chi connectivity index (χ4n) is 1.10. The van der Waals surface area contributed by atoms with Crippen LogP contribution in [0.15, 0.2) is 30.9 Å². The van der Waals surface area contributed by atoms with Gasteiger partial charge in [-0.1, -0.05) is 6.08 Å². The lowest BCUT2D eigenvalue weighted by Gasteiger charge is -2.07. The van der Waals surface area contributed by atoms with E-state index in [1.54, 1.807) is 0 Å². The first-order valence-electron chi connectivity index (χ1n) is 3.91. The predicted octanol–water partition coefficient (Wildman–Crippen LogP) is 1.49. The molecule has 74 valence electrons. The standard InChI is InChI=1S/C9H10N2O3/c1-2-8(10)7-5-6(12)3-4-9(7)11(13)14/h2-5,8,12H,1,10H2/t8-/m1/s1. The van der Waals surface area contributed by atoms with Crippen LogP contribution >= 0.6 is 0 Å². The van der Waals surface area contributed by atoms with Gasteiger partial charge >= 0.3 is 0 Å². The largest absolute Gasteiger partial charge is 0.508 e. The van der Waals surface area contributed by atoms with E-state index in [2.05, 4.69) is 6.58 Å². The lowest BCUT2D eigenvalue weighted by atomic mass is 10.1. The fourth-order valence-corrected chi connectivity index (χ4v) is 1.10.